The summed E-state index contributed by atoms with van der Waals surface area (Å²) in [5.74, 6) is -2.45. The summed E-state index contributed by atoms with van der Waals surface area (Å²) >= 11 is 0. The molecular formula is C21H21F2N3O2. The molecule has 2 heterocycles. The second-order valence-electron chi connectivity index (χ2n) is 7.25. The number of anilines is 2. The highest BCUT2D eigenvalue weighted by Gasteiger charge is 2.36. The number of nitrogens with zero attached hydrogens (tertiary/aromatic N) is 2. The third kappa shape index (κ3) is 3.21. The number of fused-ring (bicyclic) bond motifs is 2. The van der Waals surface area contributed by atoms with Crippen molar-refractivity contribution in [1.82, 2.24) is 4.90 Å². The van der Waals surface area contributed by atoms with E-state index in [0.717, 1.165) is 44.4 Å². The molecule has 1 fully saturated rings. The predicted molar refractivity (Wildman–Crippen MR) is 102 cm³/mol. The maximum absolute atomic E-state index is 13.4. The second-order valence-corrected chi connectivity index (χ2v) is 7.25. The van der Waals surface area contributed by atoms with Crippen molar-refractivity contribution >= 4 is 23.2 Å². The van der Waals surface area contributed by atoms with Crippen molar-refractivity contribution in [3.63, 3.8) is 0 Å². The maximum atomic E-state index is 13.4. The van der Waals surface area contributed by atoms with Gasteiger partial charge in [-0.25, -0.2) is 8.78 Å². The van der Waals surface area contributed by atoms with Crippen molar-refractivity contribution in [2.24, 2.45) is 0 Å². The highest BCUT2D eigenvalue weighted by Crippen LogP contribution is 2.34. The Labute approximate surface area is 161 Å². The number of rotatable bonds is 2. The third-order valence-electron chi connectivity index (χ3n) is 5.48. The molecule has 4 rings (SSSR count). The van der Waals surface area contributed by atoms with Crippen molar-refractivity contribution in [3.05, 3.63) is 59.2 Å². The molecule has 2 aromatic carbocycles. The summed E-state index contributed by atoms with van der Waals surface area (Å²) < 4.78 is 26.4. The smallest absolute Gasteiger partial charge is 0.257 e. The molecule has 0 spiro atoms. The molecule has 0 bridgehead atoms. The Balaban J connectivity index is 1.62. The van der Waals surface area contributed by atoms with Gasteiger partial charge < -0.3 is 15.1 Å². The van der Waals surface area contributed by atoms with Gasteiger partial charge in [-0.05, 0) is 49.6 Å². The average Bonchev–Trinajstić information content (AvgIpc) is 2.95. The SMILES string of the molecule is CN1c2cc(C(=O)Nc3ccc(F)c(F)c3)ccc2C(=O)N2CCCCC[C@@H]21. The van der Waals surface area contributed by atoms with E-state index in [4.69, 9.17) is 0 Å². The molecule has 1 saturated heterocycles. The Kier molecular flexibility index (Phi) is 4.75. The summed E-state index contributed by atoms with van der Waals surface area (Å²) in [6, 6.07) is 8.13. The van der Waals surface area contributed by atoms with Gasteiger partial charge in [0.25, 0.3) is 11.8 Å². The van der Waals surface area contributed by atoms with Gasteiger partial charge in [-0.2, -0.15) is 0 Å². The van der Waals surface area contributed by atoms with Crippen LogP contribution in [0.15, 0.2) is 36.4 Å². The van der Waals surface area contributed by atoms with E-state index in [9.17, 15) is 18.4 Å². The van der Waals surface area contributed by atoms with Crippen molar-refractivity contribution in [2.75, 3.05) is 23.8 Å². The molecular weight excluding hydrogens is 364 g/mol. The minimum absolute atomic E-state index is 0.00689. The zero-order chi connectivity index (χ0) is 19.8. The van der Waals surface area contributed by atoms with Crippen LogP contribution in [0.4, 0.5) is 20.2 Å². The lowest BCUT2D eigenvalue weighted by molar-refractivity contribution is 0.0661. The Morgan fingerprint density at radius 2 is 1.89 bits per heavy atom. The van der Waals surface area contributed by atoms with Gasteiger partial charge in [0.15, 0.2) is 11.6 Å². The van der Waals surface area contributed by atoms with Crippen LogP contribution in [0.3, 0.4) is 0 Å². The van der Waals surface area contributed by atoms with Crippen LogP contribution in [0.1, 0.15) is 46.4 Å². The lowest BCUT2D eigenvalue weighted by atomic mass is 10.0. The molecule has 2 aromatic rings. The molecule has 0 aliphatic carbocycles. The van der Waals surface area contributed by atoms with Crippen LogP contribution in [-0.4, -0.2) is 36.5 Å². The van der Waals surface area contributed by atoms with Gasteiger partial charge in [-0.1, -0.05) is 6.42 Å². The first-order chi connectivity index (χ1) is 13.5. The lowest BCUT2D eigenvalue weighted by Crippen LogP contribution is -2.53. The molecule has 7 heteroatoms. The molecule has 1 atom stereocenters. The van der Waals surface area contributed by atoms with Crippen LogP contribution in [0.25, 0.3) is 0 Å². The summed E-state index contributed by atoms with van der Waals surface area (Å²) in [6.45, 7) is 0.742. The highest BCUT2D eigenvalue weighted by atomic mass is 19.2. The number of hydrogen-bond acceptors (Lipinski definition) is 3. The van der Waals surface area contributed by atoms with Gasteiger partial charge in [0, 0.05) is 30.9 Å². The van der Waals surface area contributed by atoms with Crippen LogP contribution in [0.5, 0.6) is 0 Å². The van der Waals surface area contributed by atoms with Gasteiger partial charge in [0.1, 0.15) is 6.17 Å². The lowest BCUT2D eigenvalue weighted by Gasteiger charge is -2.43. The van der Waals surface area contributed by atoms with E-state index in [0.29, 0.717) is 16.8 Å². The van der Waals surface area contributed by atoms with E-state index in [1.807, 2.05) is 11.9 Å². The summed E-state index contributed by atoms with van der Waals surface area (Å²) in [5, 5.41) is 2.57. The fourth-order valence-electron chi connectivity index (χ4n) is 3.97. The largest absolute Gasteiger partial charge is 0.354 e. The first-order valence-electron chi connectivity index (χ1n) is 9.40. The van der Waals surface area contributed by atoms with Crippen molar-refractivity contribution in [2.45, 2.75) is 31.8 Å². The first-order valence-corrected chi connectivity index (χ1v) is 9.40. The summed E-state index contributed by atoms with van der Waals surface area (Å²) in [7, 11) is 1.94. The van der Waals surface area contributed by atoms with Crippen LogP contribution in [0.2, 0.25) is 0 Å². The highest BCUT2D eigenvalue weighted by molar-refractivity contribution is 6.08. The Bertz CT molecular complexity index is 947. The minimum Gasteiger partial charge on any atom is -0.354 e. The maximum Gasteiger partial charge on any atom is 0.257 e. The van der Waals surface area contributed by atoms with Crippen molar-refractivity contribution < 1.29 is 18.4 Å². The molecule has 1 N–H and O–H groups in total. The normalized spacial score (nSPS) is 19.0. The Morgan fingerprint density at radius 1 is 1.07 bits per heavy atom. The van der Waals surface area contributed by atoms with Crippen molar-refractivity contribution in [1.29, 1.82) is 0 Å². The van der Waals surface area contributed by atoms with E-state index < -0.39 is 17.5 Å². The fourth-order valence-corrected chi connectivity index (χ4v) is 3.97. The molecule has 146 valence electrons. The topological polar surface area (TPSA) is 52.7 Å². The molecule has 2 aliphatic rings. The molecule has 0 radical (unpaired) electrons. The van der Waals surface area contributed by atoms with E-state index in [2.05, 4.69) is 10.2 Å². The molecule has 5 nitrogen and oxygen atoms in total. The molecule has 28 heavy (non-hydrogen) atoms. The van der Waals surface area contributed by atoms with Crippen molar-refractivity contribution in [3.8, 4) is 0 Å². The van der Waals surface area contributed by atoms with E-state index in [1.54, 1.807) is 18.2 Å². The van der Waals surface area contributed by atoms with Crippen LogP contribution < -0.4 is 10.2 Å². The Morgan fingerprint density at radius 3 is 2.68 bits per heavy atom. The standard InChI is InChI=1S/C21H21F2N3O2/c1-25-18-11-13(20(27)24-14-7-9-16(22)17(23)12-14)6-8-15(18)21(28)26-10-4-2-3-5-19(25)26/h6-9,11-12,19H,2-5,10H2,1H3,(H,24,27)/t19-/m1/s1. The summed E-state index contributed by atoms with van der Waals surface area (Å²) in [6.07, 6.45) is 4.05. The molecule has 0 aromatic heterocycles. The number of carbonyl (C=O) groups excluding carboxylic acids is 2. The predicted octanol–water partition coefficient (Wildman–Crippen LogP) is 4.01. The zero-order valence-electron chi connectivity index (χ0n) is 15.5. The van der Waals surface area contributed by atoms with Gasteiger partial charge in [-0.3, -0.25) is 9.59 Å². The molecule has 0 unspecified atom stereocenters. The minimum atomic E-state index is -1.03. The summed E-state index contributed by atoms with van der Waals surface area (Å²) in [5.41, 5.74) is 1.81. The van der Waals surface area contributed by atoms with E-state index in [-0.39, 0.29) is 17.8 Å². The van der Waals surface area contributed by atoms with Gasteiger partial charge in [-0.15, -0.1) is 0 Å². The number of hydrogen-bond donors (Lipinski definition) is 1. The second kappa shape index (κ2) is 7.22. The number of halogens is 2. The van der Waals surface area contributed by atoms with E-state index in [1.165, 1.54) is 6.07 Å². The van der Waals surface area contributed by atoms with E-state index >= 15 is 0 Å². The monoisotopic (exact) mass is 385 g/mol. The van der Waals surface area contributed by atoms with Crippen LogP contribution in [-0.2, 0) is 0 Å². The quantitative estimate of drug-likeness (QED) is 0.850. The number of nitrogens with one attached hydrogen (secondary N) is 1. The van der Waals surface area contributed by atoms with Gasteiger partial charge >= 0.3 is 0 Å². The number of amides is 2. The number of carbonyl (C=O) groups is 2. The van der Waals surface area contributed by atoms with Gasteiger partial charge in [0.2, 0.25) is 0 Å². The molecule has 2 amide bonds. The Hall–Kier alpha value is -2.96. The third-order valence-corrected chi connectivity index (χ3v) is 5.48. The van der Waals surface area contributed by atoms with Gasteiger partial charge in [0.05, 0.1) is 11.3 Å². The van der Waals surface area contributed by atoms with Crippen LogP contribution >= 0.6 is 0 Å². The zero-order valence-corrected chi connectivity index (χ0v) is 15.5. The van der Waals surface area contributed by atoms with Crippen LogP contribution in [0, 0.1) is 11.6 Å². The first kappa shape index (κ1) is 18.4. The summed E-state index contributed by atoms with van der Waals surface area (Å²) in [4.78, 5) is 29.5. The molecule has 0 saturated carbocycles. The molecule has 2 aliphatic heterocycles. The average molecular weight is 385 g/mol. The fraction of sp³-hybridized carbons (Fsp3) is 0.333. The number of benzene rings is 2.